The van der Waals surface area contributed by atoms with Crippen LogP contribution in [0.25, 0.3) is 0 Å². The van der Waals surface area contributed by atoms with Crippen LogP contribution in [0.2, 0.25) is 0 Å². The molecule has 2 atom stereocenters. The minimum atomic E-state index is -0.158. The summed E-state index contributed by atoms with van der Waals surface area (Å²) in [5.74, 6) is -0.300. The van der Waals surface area contributed by atoms with Gasteiger partial charge in [-0.1, -0.05) is 31.3 Å². The number of rotatable bonds is 4. The molecule has 0 saturated carbocycles. The Hall–Kier alpha value is -1.14. The SMILES string of the molecule is CCC(C(=S)S)C1C=CC=CN1N1C(=O)CCC1=O. The van der Waals surface area contributed by atoms with Crippen LogP contribution in [0.4, 0.5) is 0 Å². The molecule has 102 valence electrons. The van der Waals surface area contributed by atoms with Crippen LogP contribution in [0.5, 0.6) is 0 Å². The first-order valence-electron chi connectivity index (χ1n) is 6.28. The van der Waals surface area contributed by atoms with Gasteiger partial charge in [-0.3, -0.25) is 14.6 Å². The van der Waals surface area contributed by atoms with Crippen LogP contribution < -0.4 is 0 Å². The number of nitrogens with zero attached hydrogens (tertiary/aromatic N) is 2. The second-order valence-corrected chi connectivity index (χ2v) is 5.77. The Bertz CT molecular complexity index is 457. The number of hydrogen-bond acceptors (Lipinski definition) is 4. The monoisotopic (exact) mass is 296 g/mol. The lowest BCUT2D eigenvalue weighted by atomic mass is 9.96. The molecule has 0 radical (unpaired) electrons. The molecule has 2 amide bonds. The molecular weight excluding hydrogens is 280 g/mol. The number of hydrogen-bond donors (Lipinski definition) is 1. The average Bonchev–Trinajstić information content (AvgIpc) is 2.70. The third-order valence-corrected chi connectivity index (χ3v) is 4.02. The van der Waals surface area contributed by atoms with Gasteiger partial charge in [0.2, 0.25) is 11.8 Å². The van der Waals surface area contributed by atoms with Gasteiger partial charge in [0.25, 0.3) is 0 Å². The predicted molar refractivity (Wildman–Crippen MR) is 80.4 cm³/mol. The van der Waals surface area contributed by atoms with Crippen LogP contribution in [0.1, 0.15) is 26.2 Å². The second-order valence-electron chi connectivity index (χ2n) is 4.55. The van der Waals surface area contributed by atoms with E-state index in [-0.39, 0.29) is 36.6 Å². The third-order valence-electron chi connectivity index (χ3n) is 3.39. The molecule has 0 spiro atoms. The van der Waals surface area contributed by atoms with Gasteiger partial charge in [0.1, 0.15) is 0 Å². The highest BCUT2D eigenvalue weighted by Crippen LogP contribution is 2.27. The molecule has 0 aliphatic carbocycles. The number of carbonyl (C=O) groups excluding carboxylic acids is 2. The van der Waals surface area contributed by atoms with Gasteiger partial charge < -0.3 is 0 Å². The molecule has 0 aromatic carbocycles. The van der Waals surface area contributed by atoms with Crippen LogP contribution in [-0.2, 0) is 9.59 Å². The van der Waals surface area contributed by atoms with Crippen molar-refractivity contribution in [3.05, 3.63) is 24.4 Å². The van der Waals surface area contributed by atoms with Crippen molar-refractivity contribution in [3.8, 4) is 0 Å². The van der Waals surface area contributed by atoms with E-state index in [0.29, 0.717) is 4.20 Å². The Kier molecular flexibility index (Phi) is 4.42. The maximum absolute atomic E-state index is 11.9. The normalized spacial score (nSPS) is 24.2. The van der Waals surface area contributed by atoms with E-state index >= 15 is 0 Å². The predicted octanol–water partition coefficient (Wildman–Crippen LogP) is 2.09. The van der Waals surface area contributed by atoms with E-state index in [1.165, 1.54) is 5.01 Å². The maximum Gasteiger partial charge on any atom is 0.248 e. The third kappa shape index (κ3) is 2.74. The molecule has 4 nitrogen and oxygen atoms in total. The zero-order chi connectivity index (χ0) is 14.0. The fourth-order valence-corrected chi connectivity index (χ4v) is 3.05. The van der Waals surface area contributed by atoms with E-state index < -0.39 is 0 Å². The number of imide groups is 1. The van der Waals surface area contributed by atoms with Gasteiger partial charge in [-0.2, -0.15) is 5.01 Å². The fraction of sp³-hybridized carbons (Fsp3) is 0.462. The molecule has 2 aliphatic rings. The minimum absolute atomic E-state index is 0.0146. The largest absolute Gasteiger partial charge is 0.276 e. The summed E-state index contributed by atoms with van der Waals surface area (Å²) >= 11 is 9.44. The Morgan fingerprint density at radius 3 is 2.58 bits per heavy atom. The number of hydrazine groups is 1. The van der Waals surface area contributed by atoms with Gasteiger partial charge in [-0.05, 0) is 12.5 Å². The standard InChI is InChI=1S/C13H16N2O2S2/c1-2-9(13(18)19)10-5-3-4-8-14(10)15-11(16)6-7-12(15)17/h3-5,8-10H,2,6-7H2,1H3,(H,18,19). The zero-order valence-electron chi connectivity index (χ0n) is 10.7. The summed E-state index contributed by atoms with van der Waals surface area (Å²) in [6.45, 7) is 2.02. The molecule has 6 heteroatoms. The Labute approximate surface area is 123 Å². The summed E-state index contributed by atoms with van der Waals surface area (Å²) in [7, 11) is 0. The van der Waals surface area contributed by atoms with Crippen LogP contribution in [0.3, 0.4) is 0 Å². The first kappa shape index (κ1) is 14.3. The second kappa shape index (κ2) is 5.88. The van der Waals surface area contributed by atoms with Gasteiger partial charge in [-0.25, -0.2) is 0 Å². The molecule has 0 aromatic rings. The lowest BCUT2D eigenvalue weighted by Gasteiger charge is -2.39. The maximum atomic E-state index is 11.9. The fourth-order valence-electron chi connectivity index (χ4n) is 2.41. The van der Waals surface area contributed by atoms with Gasteiger partial charge in [-0.15, -0.1) is 12.6 Å². The molecule has 1 saturated heterocycles. The molecule has 1 fully saturated rings. The lowest BCUT2D eigenvalue weighted by molar-refractivity contribution is -0.155. The van der Waals surface area contributed by atoms with Crippen molar-refractivity contribution in [2.45, 2.75) is 32.2 Å². The molecule has 0 N–H and O–H groups in total. The van der Waals surface area contributed by atoms with Crippen molar-refractivity contribution in [1.29, 1.82) is 0 Å². The van der Waals surface area contributed by atoms with Crippen molar-refractivity contribution in [1.82, 2.24) is 10.0 Å². The number of carbonyl (C=O) groups is 2. The van der Waals surface area contributed by atoms with Crippen molar-refractivity contribution in [2.24, 2.45) is 5.92 Å². The summed E-state index contributed by atoms with van der Waals surface area (Å²) < 4.78 is 0.594. The first-order valence-corrected chi connectivity index (χ1v) is 7.13. The van der Waals surface area contributed by atoms with E-state index in [9.17, 15) is 9.59 Å². The van der Waals surface area contributed by atoms with Crippen molar-refractivity contribution in [2.75, 3.05) is 0 Å². The van der Waals surface area contributed by atoms with Crippen molar-refractivity contribution < 1.29 is 9.59 Å². The topological polar surface area (TPSA) is 40.6 Å². The molecule has 2 aliphatic heterocycles. The summed E-state index contributed by atoms with van der Waals surface area (Å²) in [4.78, 5) is 23.7. The number of thiol groups is 1. The number of allylic oxidation sites excluding steroid dienone is 2. The Balaban J connectivity index is 2.29. The highest BCUT2D eigenvalue weighted by molar-refractivity contribution is 8.11. The molecular formula is C13H16N2O2S2. The summed E-state index contributed by atoms with van der Waals surface area (Å²) in [6.07, 6.45) is 8.78. The van der Waals surface area contributed by atoms with Crippen molar-refractivity contribution >= 4 is 40.9 Å². The molecule has 0 aromatic heterocycles. The molecule has 0 bridgehead atoms. The van der Waals surface area contributed by atoms with Gasteiger partial charge in [0.15, 0.2) is 0 Å². The van der Waals surface area contributed by atoms with Gasteiger partial charge in [0.05, 0.1) is 10.2 Å². The lowest BCUT2D eigenvalue weighted by Crippen LogP contribution is -2.51. The summed E-state index contributed by atoms with van der Waals surface area (Å²) in [5.41, 5.74) is 0. The Morgan fingerprint density at radius 1 is 1.42 bits per heavy atom. The number of thiocarbonyl (C=S) groups is 1. The highest BCUT2D eigenvalue weighted by Gasteiger charge is 2.38. The van der Waals surface area contributed by atoms with Crippen LogP contribution >= 0.6 is 24.8 Å². The smallest absolute Gasteiger partial charge is 0.248 e. The van der Waals surface area contributed by atoms with Crippen LogP contribution in [-0.4, -0.2) is 32.1 Å². The average molecular weight is 296 g/mol. The summed E-state index contributed by atoms with van der Waals surface area (Å²) in [5, 5.41) is 2.92. The van der Waals surface area contributed by atoms with E-state index in [4.69, 9.17) is 12.2 Å². The van der Waals surface area contributed by atoms with Crippen LogP contribution in [0.15, 0.2) is 24.4 Å². The highest BCUT2D eigenvalue weighted by atomic mass is 32.1. The zero-order valence-corrected chi connectivity index (χ0v) is 12.4. The van der Waals surface area contributed by atoms with E-state index in [1.807, 2.05) is 25.2 Å². The molecule has 19 heavy (non-hydrogen) atoms. The van der Waals surface area contributed by atoms with E-state index in [2.05, 4.69) is 12.6 Å². The molecule has 2 heterocycles. The summed E-state index contributed by atoms with van der Waals surface area (Å²) in [6, 6.07) is -0.133. The van der Waals surface area contributed by atoms with E-state index in [0.717, 1.165) is 6.42 Å². The van der Waals surface area contributed by atoms with Gasteiger partial charge in [0, 0.05) is 25.0 Å². The molecule has 2 unspecified atom stereocenters. The van der Waals surface area contributed by atoms with Crippen molar-refractivity contribution in [3.63, 3.8) is 0 Å². The van der Waals surface area contributed by atoms with Gasteiger partial charge >= 0.3 is 0 Å². The first-order chi connectivity index (χ1) is 9.06. The van der Waals surface area contributed by atoms with E-state index in [1.54, 1.807) is 11.2 Å². The quantitative estimate of drug-likeness (QED) is 0.490. The molecule has 2 rings (SSSR count). The minimum Gasteiger partial charge on any atom is -0.276 e. The number of amides is 2. The Morgan fingerprint density at radius 2 is 2.05 bits per heavy atom. The van der Waals surface area contributed by atoms with Crippen LogP contribution in [0, 0.1) is 5.92 Å².